The van der Waals surface area contributed by atoms with Crippen molar-refractivity contribution >= 4 is 11.9 Å². The molecule has 1 aromatic carbocycles. The molecule has 0 radical (unpaired) electrons. The van der Waals surface area contributed by atoms with Gasteiger partial charge in [0.1, 0.15) is 16.9 Å². The molecular weight excluding hydrogens is 338 g/mol. The fourth-order valence-electron chi connectivity index (χ4n) is 2.81. The van der Waals surface area contributed by atoms with E-state index in [1.165, 1.54) is 12.1 Å². The number of hydrogen-bond acceptors (Lipinski definition) is 6. The molecule has 7 heteroatoms. The van der Waals surface area contributed by atoms with E-state index in [-0.39, 0.29) is 30.1 Å². The lowest BCUT2D eigenvalue weighted by Crippen LogP contribution is -2.31. The third-order valence-electron chi connectivity index (χ3n) is 3.92. The zero-order valence-electron chi connectivity index (χ0n) is 15.2. The van der Waals surface area contributed by atoms with E-state index < -0.39 is 17.4 Å². The first-order valence-electron chi connectivity index (χ1n) is 8.23. The van der Waals surface area contributed by atoms with Gasteiger partial charge in [-0.15, -0.1) is 0 Å². The molecule has 0 fully saturated rings. The molecule has 1 aromatic heterocycles. The molecule has 2 aromatic rings. The first-order valence-corrected chi connectivity index (χ1v) is 8.23. The Morgan fingerprint density at radius 2 is 1.35 bits per heavy atom. The van der Waals surface area contributed by atoms with E-state index in [0.717, 1.165) is 0 Å². The van der Waals surface area contributed by atoms with Crippen LogP contribution in [0.25, 0.3) is 5.69 Å². The van der Waals surface area contributed by atoms with E-state index >= 15 is 0 Å². The number of aromatic nitrogens is 1. The van der Waals surface area contributed by atoms with Gasteiger partial charge in [-0.25, -0.2) is 9.59 Å². The zero-order chi connectivity index (χ0) is 19.4. The van der Waals surface area contributed by atoms with E-state index in [0.29, 0.717) is 17.1 Å². The Kier molecular flexibility index (Phi) is 5.82. The average molecular weight is 359 g/mol. The van der Waals surface area contributed by atoms with Crippen molar-refractivity contribution in [1.29, 1.82) is 0 Å². The van der Waals surface area contributed by atoms with Crippen LogP contribution >= 0.6 is 0 Å². The van der Waals surface area contributed by atoms with Gasteiger partial charge in [-0.05, 0) is 52.0 Å². The summed E-state index contributed by atoms with van der Waals surface area (Å²) in [5.74, 6) is -1.53. The highest BCUT2D eigenvalue weighted by molar-refractivity contribution is 5.96. The van der Waals surface area contributed by atoms with Crippen molar-refractivity contribution in [3.05, 3.63) is 57.0 Å². The number of phenolic OH excluding ortho intramolecular Hbond substituents is 1. The Labute approximate surface area is 150 Å². The maximum absolute atomic E-state index is 12.8. The molecule has 0 saturated heterocycles. The predicted molar refractivity (Wildman–Crippen MR) is 95.1 cm³/mol. The average Bonchev–Trinajstić information content (AvgIpc) is 2.57. The Morgan fingerprint density at radius 1 is 0.923 bits per heavy atom. The summed E-state index contributed by atoms with van der Waals surface area (Å²) in [6.45, 7) is 6.66. The van der Waals surface area contributed by atoms with Crippen LogP contribution in [0.15, 0.2) is 29.1 Å². The minimum atomic E-state index is -0.798. The summed E-state index contributed by atoms with van der Waals surface area (Å²) in [5.41, 5.74) is 0.109. The van der Waals surface area contributed by atoms with Gasteiger partial charge in [0.2, 0.25) is 5.43 Å². The molecule has 0 bridgehead atoms. The largest absolute Gasteiger partial charge is 0.508 e. The number of nitrogens with zero attached hydrogens (tertiary/aromatic N) is 1. The molecule has 0 unspecified atom stereocenters. The summed E-state index contributed by atoms with van der Waals surface area (Å²) in [6, 6.07) is 6.17. The van der Waals surface area contributed by atoms with E-state index in [1.54, 1.807) is 44.4 Å². The minimum absolute atomic E-state index is 0.0707. The minimum Gasteiger partial charge on any atom is -0.508 e. The highest BCUT2D eigenvalue weighted by Gasteiger charge is 2.27. The maximum Gasteiger partial charge on any atom is 0.343 e. The number of ether oxygens (including phenoxy) is 2. The highest BCUT2D eigenvalue weighted by atomic mass is 16.5. The topological polar surface area (TPSA) is 94.8 Å². The van der Waals surface area contributed by atoms with E-state index in [2.05, 4.69) is 0 Å². The molecule has 2 rings (SSSR count). The van der Waals surface area contributed by atoms with Crippen molar-refractivity contribution in [2.24, 2.45) is 0 Å². The Balaban J connectivity index is 2.86. The van der Waals surface area contributed by atoms with Crippen molar-refractivity contribution < 1.29 is 24.2 Å². The number of aromatic hydroxyl groups is 1. The lowest BCUT2D eigenvalue weighted by atomic mass is 10.0. The summed E-state index contributed by atoms with van der Waals surface area (Å²) in [5, 5.41) is 9.50. The smallest absolute Gasteiger partial charge is 0.343 e. The third-order valence-corrected chi connectivity index (χ3v) is 3.92. The number of esters is 2. The normalized spacial score (nSPS) is 10.5. The van der Waals surface area contributed by atoms with E-state index in [1.807, 2.05) is 0 Å². The summed E-state index contributed by atoms with van der Waals surface area (Å²) in [4.78, 5) is 37.5. The lowest BCUT2D eigenvalue weighted by Gasteiger charge is -2.20. The molecule has 7 nitrogen and oxygen atoms in total. The van der Waals surface area contributed by atoms with Crippen LogP contribution in [-0.4, -0.2) is 34.8 Å². The van der Waals surface area contributed by atoms with Gasteiger partial charge in [0.25, 0.3) is 0 Å². The molecule has 0 spiro atoms. The molecular formula is C19H21NO6. The molecule has 1 heterocycles. The zero-order valence-corrected chi connectivity index (χ0v) is 15.2. The molecule has 0 aliphatic heterocycles. The first kappa shape index (κ1) is 19.2. The Bertz CT molecular complexity index is 847. The van der Waals surface area contributed by atoms with Crippen molar-refractivity contribution in [3.63, 3.8) is 0 Å². The molecule has 26 heavy (non-hydrogen) atoms. The lowest BCUT2D eigenvalue weighted by molar-refractivity contribution is 0.0519. The fourth-order valence-corrected chi connectivity index (χ4v) is 2.81. The summed E-state index contributed by atoms with van der Waals surface area (Å²) < 4.78 is 11.6. The molecule has 0 aliphatic carbocycles. The number of benzene rings is 1. The monoisotopic (exact) mass is 359 g/mol. The number of phenols is 1. The number of rotatable bonds is 5. The molecule has 0 atom stereocenters. The predicted octanol–water partition coefficient (Wildman–Crippen LogP) is 2.51. The fraction of sp³-hybridized carbons (Fsp3) is 0.316. The number of hydrogen-bond donors (Lipinski definition) is 1. The van der Waals surface area contributed by atoms with Crippen molar-refractivity contribution in [1.82, 2.24) is 4.57 Å². The van der Waals surface area contributed by atoms with Crippen molar-refractivity contribution in [3.8, 4) is 11.4 Å². The molecule has 0 amide bonds. The quantitative estimate of drug-likeness (QED) is 0.824. The van der Waals surface area contributed by atoms with Gasteiger partial charge in [0, 0.05) is 17.1 Å². The van der Waals surface area contributed by atoms with Crippen LogP contribution in [0.5, 0.6) is 5.75 Å². The maximum atomic E-state index is 12.8. The number of pyridine rings is 1. The van der Waals surface area contributed by atoms with Gasteiger partial charge in [0.05, 0.1) is 13.2 Å². The van der Waals surface area contributed by atoms with Crippen LogP contribution in [0.4, 0.5) is 0 Å². The number of carbonyl (C=O) groups is 2. The SMILES string of the molecule is CCOC(=O)c1c(C)n(-c2ccc(O)cc2)c(C)c(C(=O)OCC)c1=O. The van der Waals surface area contributed by atoms with Gasteiger partial charge >= 0.3 is 11.9 Å². The van der Waals surface area contributed by atoms with Crippen LogP contribution in [0.3, 0.4) is 0 Å². The van der Waals surface area contributed by atoms with Crippen LogP contribution in [-0.2, 0) is 9.47 Å². The molecule has 1 N–H and O–H groups in total. The van der Waals surface area contributed by atoms with Crippen LogP contribution in [0.1, 0.15) is 46.0 Å². The summed E-state index contributed by atoms with van der Waals surface area (Å²) >= 11 is 0. The molecule has 138 valence electrons. The Morgan fingerprint density at radius 3 is 1.73 bits per heavy atom. The summed E-state index contributed by atoms with van der Waals surface area (Å²) in [7, 11) is 0. The van der Waals surface area contributed by atoms with Gasteiger partial charge in [-0.3, -0.25) is 4.79 Å². The second kappa shape index (κ2) is 7.86. The third kappa shape index (κ3) is 3.46. The second-order valence-corrected chi connectivity index (χ2v) is 5.54. The van der Waals surface area contributed by atoms with Crippen LogP contribution in [0.2, 0.25) is 0 Å². The van der Waals surface area contributed by atoms with Gasteiger partial charge < -0.3 is 19.1 Å². The second-order valence-electron chi connectivity index (χ2n) is 5.54. The van der Waals surface area contributed by atoms with E-state index in [9.17, 15) is 19.5 Å². The Hall–Kier alpha value is -3.09. The van der Waals surface area contributed by atoms with Gasteiger partial charge in [-0.1, -0.05) is 0 Å². The van der Waals surface area contributed by atoms with Crippen LogP contribution < -0.4 is 5.43 Å². The van der Waals surface area contributed by atoms with Crippen molar-refractivity contribution in [2.45, 2.75) is 27.7 Å². The number of carbonyl (C=O) groups excluding carboxylic acids is 2. The van der Waals surface area contributed by atoms with Gasteiger partial charge in [-0.2, -0.15) is 0 Å². The van der Waals surface area contributed by atoms with Crippen molar-refractivity contribution in [2.75, 3.05) is 13.2 Å². The first-order chi connectivity index (χ1) is 12.3. The molecule has 0 saturated carbocycles. The highest BCUT2D eigenvalue weighted by Crippen LogP contribution is 2.21. The van der Waals surface area contributed by atoms with Gasteiger partial charge in [0.15, 0.2) is 0 Å². The summed E-state index contributed by atoms with van der Waals surface area (Å²) in [6.07, 6.45) is 0. The van der Waals surface area contributed by atoms with Crippen LogP contribution in [0, 0.1) is 13.8 Å². The standard InChI is InChI=1S/C19H21NO6/c1-5-25-18(23)15-11(3)20(13-7-9-14(21)10-8-13)12(4)16(17(15)22)19(24)26-6-2/h7-10,21H,5-6H2,1-4H3. The van der Waals surface area contributed by atoms with E-state index in [4.69, 9.17) is 9.47 Å². The molecule has 0 aliphatic rings.